The lowest BCUT2D eigenvalue weighted by Crippen LogP contribution is -2.43. The molecule has 1 aromatic heterocycles. The average molecular weight is 295 g/mol. The molecule has 0 unspecified atom stereocenters. The van der Waals surface area contributed by atoms with Crippen LogP contribution < -0.4 is 10.6 Å². The molecule has 4 amide bonds. The van der Waals surface area contributed by atoms with Crippen LogP contribution in [0.2, 0.25) is 0 Å². The Morgan fingerprint density at radius 1 is 1.52 bits per heavy atom. The fraction of sp³-hybridized carbons (Fsp3) is 0.462. The molecule has 1 saturated heterocycles. The van der Waals surface area contributed by atoms with Crippen LogP contribution in [0.1, 0.15) is 12.7 Å². The van der Waals surface area contributed by atoms with E-state index >= 15 is 0 Å². The molecule has 0 spiro atoms. The highest BCUT2D eigenvalue weighted by molar-refractivity contribution is 6.08. The molecule has 1 fully saturated rings. The van der Waals surface area contributed by atoms with Gasteiger partial charge in [0, 0.05) is 13.7 Å². The van der Waals surface area contributed by atoms with Crippen LogP contribution in [-0.2, 0) is 19.9 Å². The Hall–Kier alpha value is -2.35. The number of amides is 4. The third kappa shape index (κ3) is 2.89. The summed E-state index contributed by atoms with van der Waals surface area (Å²) in [5, 5.41) is 5.10. The maximum atomic E-state index is 12.4. The van der Waals surface area contributed by atoms with Crippen molar-refractivity contribution in [2.24, 2.45) is 0 Å². The first kappa shape index (κ1) is 15.0. The quantitative estimate of drug-likeness (QED) is 0.559. The molecule has 1 aromatic rings. The van der Waals surface area contributed by atoms with Gasteiger partial charge in [0.25, 0.3) is 5.91 Å². The first-order valence-corrected chi connectivity index (χ1v) is 6.43. The number of nitrogens with one attached hydrogen (secondary N) is 2. The van der Waals surface area contributed by atoms with E-state index in [2.05, 4.69) is 10.6 Å². The molecule has 21 heavy (non-hydrogen) atoms. The van der Waals surface area contributed by atoms with E-state index < -0.39 is 23.4 Å². The van der Waals surface area contributed by atoms with Crippen molar-refractivity contribution in [3.8, 4) is 0 Å². The summed E-state index contributed by atoms with van der Waals surface area (Å²) in [4.78, 5) is 36.9. The molecule has 1 aliphatic rings. The van der Waals surface area contributed by atoms with Gasteiger partial charge in [0.2, 0.25) is 5.91 Å². The smallest absolute Gasteiger partial charge is 0.325 e. The predicted molar refractivity (Wildman–Crippen MR) is 71.2 cm³/mol. The number of imide groups is 1. The van der Waals surface area contributed by atoms with Gasteiger partial charge < -0.3 is 19.8 Å². The van der Waals surface area contributed by atoms with Crippen LogP contribution in [0.5, 0.6) is 0 Å². The first-order chi connectivity index (χ1) is 9.99. The van der Waals surface area contributed by atoms with Crippen LogP contribution in [0, 0.1) is 0 Å². The molecule has 0 aromatic carbocycles. The highest BCUT2D eigenvalue weighted by atomic mass is 16.5. The van der Waals surface area contributed by atoms with Crippen molar-refractivity contribution >= 4 is 17.8 Å². The Kier molecular flexibility index (Phi) is 4.27. The van der Waals surface area contributed by atoms with Gasteiger partial charge in [0.1, 0.15) is 12.3 Å². The van der Waals surface area contributed by atoms with Gasteiger partial charge in [-0.2, -0.15) is 0 Å². The lowest BCUT2D eigenvalue weighted by molar-refractivity contribution is -0.135. The van der Waals surface area contributed by atoms with E-state index in [4.69, 9.17) is 9.15 Å². The van der Waals surface area contributed by atoms with Crippen LogP contribution in [0.3, 0.4) is 0 Å². The summed E-state index contributed by atoms with van der Waals surface area (Å²) >= 11 is 0. The highest BCUT2D eigenvalue weighted by Gasteiger charge is 2.51. The minimum atomic E-state index is -1.28. The number of hydrogen-bond acceptors (Lipinski definition) is 5. The van der Waals surface area contributed by atoms with E-state index in [1.165, 1.54) is 20.3 Å². The predicted octanol–water partition coefficient (Wildman–Crippen LogP) is -0.191. The van der Waals surface area contributed by atoms with E-state index in [9.17, 15) is 14.4 Å². The topological polar surface area (TPSA) is 101 Å². The number of hydrogen-bond donors (Lipinski definition) is 2. The van der Waals surface area contributed by atoms with Crippen LogP contribution in [0.15, 0.2) is 22.8 Å². The molecule has 8 nitrogen and oxygen atoms in total. The van der Waals surface area contributed by atoms with Crippen LogP contribution >= 0.6 is 0 Å². The van der Waals surface area contributed by atoms with Crippen molar-refractivity contribution in [2.75, 3.05) is 26.8 Å². The number of ether oxygens (including phenoxy) is 1. The second-order valence-electron chi connectivity index (χ2n) is 4.77. The summed E-state index contributed by atoms with van der Waals surface area (Å²) in [5.41, 5.74) is -1.28. The first-order valence-electron chi connectivity index (χ1n) is 6.43. The fourth-order valence-corrected chi connectivity index (χ4v) is 2.06. The summed E-state index contributed by atoms with van der Waals surface area (Å²) in [5.74, 6) is -0.633. The molecule has 0 bridgehead atoms. The van der Waals surface area contributed by atoms with E-state index in [1.807, 2.05) is 0 Å². The van der Waals surface area contributed by atoms with Crippen molar-refractivity contribution in [1.82, 2.24) is 15.5 Å². The van der Waals surface area contributed by atoms with Gasteiger partial charge >= 0.3 is 6.03 Å². The minimum absolute atomic E-state index is 0.314. The molecule has 8 heteroatoms. The molecule has 114 valence electrons. The number of nitrogens with zero attached hydrogens (tertiary/aromatic N) is 1. The molecule has 2 heterocycles. The van der Waals surface area contributed by atoms with Crippen LogP contribution in [0.25, 0.3) is 0 Å². The molecule has 0 saturated carbocycles. The normalized spacial score (nSPS) is 21.5. The van der Waals surface area contributed by atoms with Gasteiger partial charge in [0.05, 0.1) is 12.9 Å². The molecule has 1 aliphatic heterocycles. The molecule has 0 aliphatic carbocycles. The number of urea groups is 1. The van der Waals surface area contributed by atoms with E-state index in [-0.39, 0.29) is 6.54 Å². The van der Waals surface area contributed by atoms with Crippen LogP contribution in [-0.4, -0.2) is 49.6 Å². The summed E-state index contributed by atoms with van der Waals surface area (Å²) < 4.78 is 9.99. The summed E-state index contributed by atoms with van der Waals surface area (Å²) in [6.45, 7) is 1.87. The van der Waals surface area contributed by atoms with Crippen molar-refractivity contribution in [3.05, 3.63) is 24.2 Å². The summed E-state index contributed by atoms with van der Waals surface area (Å²) in [6.07, 6.45) is 1.42. The van der Waals surface area contributed by atoms with E-state index in [0.29, 0.717) is 18.9 Å². The number of carbonyl (C=O) groups is 3. The molecular formula is C13H17N3O5. The molecule has 2 N–H and O–H groups in total. The zero-order valence-electron chi connectivity index (χ0n) is 11.8. The zero-order chi connectivity index (χ0) is 15.5. The Balaban J connectivity index is 2.04. The maximum absolute atomic E-state index is 12.4. The monoisotopic (exact) mass is 295 g/mol. The Bertz CT molecular complexity index is 542. The number of rotatable bonds is 6. The third-order valence-electron chi connectivity index (χ3n) is 3.22. The lowest BCUT2D eigenvalue weighted by Gasteiger charge is -2.18. The molecule has 0 radical (unpaired) electrons. The Morgan fingerprint density at radius 2 is 2.29 bits per heavy atom. The zero-order valence-corrected chi connectivity index (χ0v) is 11.8. The highest BCUT2D eigenvalue weighted by Crippen LogP contribution is 2.28. The summed E-state index contributed by atoms with van der Waals surface area (Å²) in [7, 11) is 1.51. The largest absolute Gasteiger partial charge is 0.466 e. The van der Waals surface area contributed by atoms with Crippen molar-refractivity contribution in [1.29, 1.82) is 0 Å². The Morgan fingerprint density at radius 3 is 2.90 bits per heavy atom. The number of carbonyl (C=O) groups excluding carboxylic acids is 3. The third-order valence-corrected chi connectivity index (χ3v) is 3.22. The average Bonchev–Trinajstić information content (AvgIpc) is 3.04. The fourth-order valence-electron chi connectivity index (χ4n) is 2.06. The van der Waals surface area contributed by atoms with Gasteiger partial charge in [0.15, 0.2) is 5.54 Å². The Labute approximate surface area is 121 Å². The standard InChI is InChI=1S/C13H17N3O5/c1-13(9-4-3-6-21-9)11(18)16(12(19)15-13)8-10(17)14-5-7-20-2/h3-4,6H,5,7-8H2,1-2H3,(H,14,17)(H,15,19)/t13-/m1/s1. The van der Waals surface area contributed by atoms with Crippen molar-refractivity contribution < 1.29 is 23.5 Å². The number of furan rings is 1. The second kappa shape index (κ2) is 5.96. The van der Waals surface area contributed by atoms with Gasteiger partial charge in [-0.15, -0.1) is 0 Å². The second-order valence-corrected chi connectivity index (χ2v) is 4.77. The van der Waals surface area contributed by atoms with Gasteiger partial charge in [-0.1, -0.05) is 0 Å². The van der Waals surface area contributed by atoms with Crippen molar-refractivity contribution in [3.63, 3.8) is 0 Å². The lowest BCUT2D eigenvalue weighted by atomic mass is 9.99. The minimum Gasteiger partial charge on any atom is -0.466 e. The summed E-state index contributed by atoms with van der Waals surface area (Å²) in [6, 6.07) is 2.60. The number of methoxy groups -OCH3 is 1. The molecule has 1 atom stereocenters. The SMILES string of the molecule is COCCNC(=O)CN1C(=O)N[C@](C)(c2ccco2)C1=O. The van der Waals surface area contributed by atoms with Gasteiger partial charge in [-0.25, -0.2) is 4.79 Å². The molecular weight excluding hydrogens is 278 g/mol. The molecule has 2 rings (SSSR count). The van der Waals surface area contributed by atoms with Gasteiger partial charge in [-0.3, -0.25) is 14.5 Å². The maximum Gasteiger partial charge on any atom is 0.325 e. The van der Waals surface area contributed by atoms with Crippen LogP contribution in [0.4, 0.5) is 4.79 Å². The van der Waals surface area contributed by atoms with Crippen molar-refractivity contribution in [2.45, 2.75) is 12.5 Å². The van der Waals surface area contributed by atoms with E-state index in [1.54, 1.807) is 12.1 Å². The van der Waals surface area contributed by atoms with E-state index in [0.717, 1.165) is 4.90 Å². The van der Waals surface area contributed by atoms with Gasteiger partial charge in [-0.05, 0) is 19.1 Å².